The summed E-state index contributed by atoms with van der Waals surface area (Å²) in [6, 6.07) is 15.6. The molecule has 23 heavy (non-hydrogen) atoms. The number of carbonyl (C=O) groups is 1. The number of aromatic nitrogens is 1. The van der Waals surface area contributed by atoms with Gasteiger partial charge in [-0.2, -0.15) is 0 Å². The fourth-order valence-corrected chi connectivity index (χ4v) is 3.07. The minimum Gasteiger partial charge on any atom is -0.396 e. The van der Waals surface area contributed by atoms with Gasteiger partial charge in [0.2, 0.25) is 5.91 Å². The molecular weight excluding hydrogens is 308 g/mol. The largest absolute Gasteiger partial charge is 0.396 e. The van der Waals surface area contributed by atoms with Crippen LogP contribution in [0.25, 0.3) is 0 Å². The molecule has 0 bridgehead atoms. The molecule has 2 aromatic rings. The molecule has 2 unspecified atom stereocenters. The molecule has 2 atom stereocenters. The molecule has 5 heteroatoms. The summed E-state index contributed by atoms with van der Waals surface area (Å²) in [6.45, 7) is 2.36. The van der Waals surface area contributed by atoms with Crippen LogP contribution in [0.3, 0.4) is 0 Å². The number of amides is 1. The Hall–Kier alpha value is -1.85. The number of hydrogen-bond acceptors (Lipinski definition) is 4. The monoisotopic (exact) mass is 330 g/mol. The lowest BCUT2D eigenvalue weighted by Crippen LogP contribution is -2.36. The maximum absolute atomic E-state index is 12.2. The third-order valence-corrected chi connectivity index (χ3v) is 4.58. The number of benzene rings is 1. The molecule has 0 aliphatic carbocycles. The van der Waals surface area contributed by atoms with E-state index < -0.39 is 0 Å². The zero-order chi connectivity index (χ0) is 16.5. The highest BCUT2D eigenvalue weighted by Gasteiger charge is 2.16. The number of carbonyl (C=O) groups excluding carboxylic acids is 1. The van der Waals surface area contributed by atoms with Gasteiger partial charge in [0.15, 0.2) is 0 Å². The Kier molecular flexibility index (Phi) is 7.10. The zero-order valence-corrected chi connectivity index (χ0v) is 14.0. The Bertz CT molecular complexity index is 592. The molecular formula is C18H22N2O2S. The van der Waals surface area contributed by atoms with Gasteiger partial charge in [0.1, 0.15) is 0 Å². The number of aliphatic hydroxyl groups is 1. The van der Waals surface area contributed by atoms with Crippen molar-refractivity contribution in [2.45, 2.75) is 23.5 Å². The summed E-state index contributed by atoms with van der Waals surface area (Å²) in [5.74, 6) is -0.0406. The van der Waals surface area contributed by atoms with Crippen molar-refractivity contribution in [2.24, 2.45) is 5.92 Å². The number of nitrogens with zero attached hydrogens (tertiary/aromatic N) is 1. The number of aliphatic hydroxyl groups excluding tert-OH is 1. The molecule has 2 rings (SSSR count). The number of hydrogen-bond donors (Lipinski definition) is 2. The van der Waals surface area contributed by atoms with Gasteiger partial charge in [0.05, 0.1) is 5.25 Å². The van der Waals surface area contributed by atoms with Crippen molar-refractivity contribution in [1.29, 1.82) is 0 Å². The first-order chi connectivity index (χ1) is 11.2. The van der Waals surface area contributed by atoms with E-state index in [2.05, 4.69) is 10.3 Å². The molecule has 0 saturated carbocycles. The fraction of sp³-hybridized carbons (Fsp3) is 0.333. The van der Waals surface area contributed by atoms with E-state index >= 15 is 0 Å². The minimum atomic E-state index is -0.174. The first-order valence-electron chi connectivity index (χ1n) is 7.69. The Morgan fingerprint density at radius 3 is 2.61 bits per heavy atom. The number of pyridine rings is 1. The normalized spacial score (nSPS) is 13.3. The van der Waals surface area contributed by atoms with Crippen LogP contribution in [0.5, 0.6) is 0 Å². The average Bonchev–Trinajstić information content (AvgIpc) is 2.60. The van der Waals surface area contributed by atoms with Gasteiger partial charge in [-0.1, -0.05) is 24.3 Å². The molecule has 0 radical (unpaired) electrons. The van der Waals surface area contributed by atoms with E-state index in [4.69, 9.17) is 0 Å². The highest BCUT2D eigenvalue weighted by molar-refractivity contribution is 8.00. The second-order valence-corrected chi connectivity index (χ2v) is 6.81. The van der Waals surface area contributed by atoms with Crippen molar-refractivity contribution in [3.8, 4) is 0 Å². The minimum absolute atomic E-state index is 0.0154. The predicted octanol–water partition coefficient (Wildman–Crippen LogP) is 2.53. The van der Waals surface area contributed by atoms with E-state index in [9.17, 15) is 9.90 Å². The van der Waals surface area contributed by atoms with E-state index in [1.807, 2.05) is 55.5 Å². The molecule has 0 saturated heterocycles. The van der Waals surface area contributed by atoms with Crippen LogP contribution in [-0.2, 0) is 11.2 Å². The van der Waals surface area contributed by atoms with E-state index in [1.165, 1.54) is 11.8 Å². The van der Waals surface area contributed by atoms with Crippen LogP contribution in [0.2, 0.25) is 0 Å². The molecule has 0 aliphatic heterocycles. The Balaban J connectivity index is 1.79. The molecule has 1 heterocycles. The van der Waals surface area contributed by atoms with Crippen LogP contribution >= 0.6 is 11.8 Å². The summed E-state index contributed by atoms with van der Waals surface area (Å²) >= 11 is 1.53. The van der Waals surface area contributed by atoms with Crippen LogP contribution in [0, 0.1) is 5.92 Å². The maximum Gasteiger partial charge on any atom is 0.233 e. The Labute approximate surface area is 141 Å². The fourth-order valence-electron chi connectivity index (χ4n) is 2.16. The average molecular weight is 330 g/mol. The van der Waals surface area contributed by atoms with Crippen molar-refractivity contribution in [3.05, 3.63) is 60.4 Å². The number of thioether (sulfide) groups is 1. The van der Waals surface area contributed by atoms with E-state index in [-0.39, 0.29) is 23.7 Å². The molecule has 1 amide bonds. The van der Waals surface area contributed by atoms with Crippen molar-refractivity contribution < 1.29 is 9.90 Å². The van der Waals surface area contributed by atoms with E-state index in [0.29, 0.717) is 13.0 Å². The Morgan fingerprint density at radius 1 is 1.22 bits per heavy atom. The van der Waals surface area contributed by atoms with Gasteiger partial charge in [-0.25, -0.2) is 0 Å². The van der Waals surface area contributed by atoms with Crippen LogP contribution < -0.4 is 5.32 Å². The standard InChI is InChI=1S/C18H22N2O2S/c1-14(23-17-8-3-2-4-9-17)18(22)20-12-15(13-21)11-16-7-5-6-10-19-16/h2-10,14-15,21H,11-13H2,1H3,(H,20,22). The van der Waals surface area contributed by atoms with Crippen molar-refractivity contribution in [2.75, 3.05) is 13.2 Å². The third-order valence-electron chi connectivity index (χ3n) is 3.47. The van der Waals surface area contributed by atoms with Gasteiger partial charge < -0.3 is 10.4 Å². The third kappa shape index (κ3) is 6.04. The zero-order valence-electron chi connectivity index (χ0n) is 13.2. The Morgan fingerprint density at radius 2 is 1.96 bits per heavy atom. The van der Waals surface area contributed by atoms with Crippen molar-refractivity contribution >= 4 is 17.7 Å². The molecule has 2 N–H and O–H groups in total. The molecule has 0 aliphatic rings. The lowest BCUT2D eigenvalue weighted by Gasteiger charge is -2.17. The molecule has 122 valence electrons. The highest BCUT2D eigenvalue weighted by Crippen LogP contribution is 2.22. The van der Waals surface area contributed by atoms with E-state index in [1.54, 1.807) is 6.20 Å². The van der Waals surface area contributed by atoms with Gasteiger partial charge in [-0.05, 0) is 37.6 Å². The molecule has 0 spiro atoms. The SMILES string of the molecule is CC(Sc1ccccc1)C(=O)NCC(CO)Cc1ccccn1. The first kappa shape index (κ1) is 17.5. The summed E-state index contributed by atoms with van der Waals surface area (Å²) < 4.78 is 0. The van der Waals surface area contributed by atoms with E-state index in [0.717, 1.165) is 10.6 Å². The first-order valence-corrected chi connectivity index (χ1v) is 8.57. The van der Waals surface area contributed by atoms with Gasteiger partial charge in [0, 0.05) is 35.9 Å². The molecule has 0 fully saturated rings. The van der Waals surface area contributed by atoms with Crippen LogP contribution in [-0.4, -0.2) is 34.4 Å². The summed E-state index contributed by atoms with van der Waals surface area (Å²) in [6.07, 6.45) is 2.39. The smallest absolute Gasteiger partial charge is 0.233 e. The number of rotatable bonds is 8. The molecule has 1 aromatic heterocycles. The van der Waals surface area contributed by atoms with Crippen molar-refractivity contribution in [1.82, 2.24) is 10.3 Å². The maximum atomic E-state index is 12.2. The van der Waals surface area contributed by atoms with Crippen molar-refractivity contribution in [3.63, 3.8) is 0 Å². The molecule has 4 nitrogen and oxygen atoms in total. The van der Waals surface area contributed by atoms with Gasteiger partial charge in [-0.3, -0.25) is 9.78 Å². The summed E-state index contributed by atoms with van der Waals surface area (Å²) in [4.78, 5) is 17.5. The van der Waals surface area contributed by atoms with Crippen LogP contribution in [0.4, 0.5) is 0 Å². The number of nitrogens with one attached hydrogen (secondary N) is 1. The van der Waals surface area contributed by atoms with Crippen LogP contribution in [0.1, 0.15) is 12.6 Å². The lowest BCUT2D eigenvalue weighted by atomic mass is 10.0. The van der Waals surface area contributed by atoms with Gasteiger partial charge in [-0.15, -0.1) is 11.8 Å². The lowest BCUT2D eigenvalue weighted by molar-refractivity contribution is -0.120. The van der Waals surface area contributed by atoms with Gasteiger partial charge in [0.25, 0.3) is 0 Å². The summed E-state index contributed by atoms with van der Waals surface area (Å²) in [5.41, 5.74) is 0.924. The molecule has 1 aromatic carbocycles. The summed E-state index contributed by atoms with van der Waals surface area (Å²) in [5, 5.41) is 12.2. The summed E-state index contributed by atoms with van der Waals surface area (Å²) in [7, 11) is 0. The predicted molar refractivity (Wildman–Crippen MR) is 93.3 cm³/mol. The quantitative estimate of drug-likeness (QED) is 0.730. The van der Waals surface area contributed by atoms with Crippen LogP contribution in [0.15, 0.2) is 59.6 Å². The second-order valence-electron chi connectivity index (χ2n) is 5.39. The van der Waals surface area contributed by atoms with Gasteiger partial charge >= 0.3 is 0 Å². The highest BCUT2D eigenvalue weighted by atomic mass is 32.2. The topological polar surface area (TPSA) is 62.2 Å². The second kappa shape index (κ2) is 9.33.